The first-order valence-electron chi connectivity index (χ1n) is 9.32. The molecule has 0 aliphatic heterocycles. The second-order valence-electron chi connectivity index (χ2n) is 7.10. The normalized spacial score (nSPS) is 13.2. The van der Waals surface area contributed by atoms with E-state index in [9.17, 15) is 10.1 Å². The van der Waals surface area contributed by atoms with Crippen LogP contribution in [-0.2, 0) is 12.8 Å². The van der Waals surface area contributed by atoms with Crippen LogP contribution in [0.5, 0.6) is 0 Å². The van der Waals surface area contributed by atoms with Crippen molar-refractivity contribution >= 4 is 22.2 Å². The minimum atomic E-state index is -0.236. The maximum Gasteiger partial charge on any atom is 0.256 e. The number of benzene rings is 1. The molecule has 1 N–H and O–H groups in total. The molecule has 1 aliphatic carbocycles. The van der Waals surface area contributed by atoms with E-state index in [1.54, 1.807) is 16.8 Å². The minimum Gasteiger partial charge on any atom is -0.312 e. The topological polar surface area (TPSA) is 96.5 Å². The molecule has 1 amide bonds. The number of hydrogen-bond acceptors (Lipinski definition) is 6. The summed E-state index contributed by atoms with van der Waals surface area (Å²) >= 11 is 1.53. The maximum atomic E-state index is 12.9. The van der Waals surface area contributed by atoms with Crippen molar-refractivity contribution in [2.75, 3.05) is 5.32 Å². The van der Waals surface area contributed by atoms with Crippen LogP contribution in [0.2, 0.25) is 0 Å². The summed E-state index contributed by atoms with van der Waals surface area (Å²) in [6.07, 6.45) is 4.13. The summed E-state index contributed by atoms with van der Waals surface area (Å²) in [6, 6.07) is 9.61. The van der Waals surface area contributed by atoms with Crippen molar-refractivity contribution in [3.8, 4) is 17.5 Å². The SMILES string of the molecule is CC(C)n1nnnc1-c1cccc(C(=O)Nc2sc3c(c2C#N)CCCC3)c1. The van der Waals surface area contributed by atoms with E-state index in [2.05, 4.69) is 26.9 Å². The zero-order valence-electron chi connectivity index (χ0n) is 15.8. The number of rotatable bonds is 4. The highest BCUT2D eigenvalue weighted by Gasteiger charge is 2.22. The van der Waals surface area contributed by atoms with E-state index in [-0.39, 0.29) is 11.9 Å². The van der Waals surface area contributed by atoms with E-state index in [0.29, 0.717) is 22.0 Å². The standard InChI is InChI=1S/C20H20N6OS/c1-12(2)26-18(23-24-25-26)13-6-5-7-14(10-13)19(27)22-20-16(11-21)15-8-3-4-9-17(15)28-20/h5-7,10,12H,3-4,8-9H2,1-2H3,(H,22,27). The highest BCUT2D eigenvalue weighted by Crippen LogP contribution is 2.37. The molecule has 4 rings (SSSR count). The maximum absolute atomic E-state index is 12.9. The molecular formula is C20H20N6OS. The number of aryl methyl sites for hydroxylation is 1. The number of nitrogens with zero attached hydrogens (tertiary/aromatic N) is 5. The largest absolute Gasteiger partial charge is 0.312 e. The van der Waals surface area contributed by atoms with Gasteiger partial charge in [-0.3, -0.25) is 4.79 Å². The van der Waals surface area contributed by atoms with Crippen LogP contribution in [0, 0.1) is 11.3 Å². The Morgan fingerprint density at radius 1 is 1.32 bits per heavy atom. The third-order valence-corrected chi connectivity index (χ3v) is 6.08. The average molecular weight is 392 g/mol. The quantitative estimate of drug-likeness (QED) is 0.724. The molecule has 2 heterocycles. The number of nitriles is 1. The van der Waals surface area contributed by atoms with Gasteiger partial charge in [-0.15, -0.1) is 16.4 Å². The highest BCUT2D eigenvalue weighted by molar-refractivity contribution is 7.16. The molecule has 1 aliphatic rings. The smallest absolute Gasteiger partial charge is 0.256 e. The summed E-state index contributed by atoms with van der Waals surface area (Å²) < 4.78 is 1.72. The molecule has 7 nitrogen and oxygen atoms in total. The van der Waals surface area contributed by atoms with Gasteiger partial charge in [0.2, 0.25) is 0 Å². The van der Waals surface area contributed by atoms with Gasteiger partial charge in [-0.1, -0.05) is 12.1 Å². The van der Waals surface area contributed by atoms with Gasteiger partial charge >= 0.3 is 0 Å². The van der Waals surface area contributed by atoms with Crippen LogP contribution in [0.1, 0.15) is 59.1 Å². The first-order chi connectivity index (χ1) is 13.6. The van der Waals surface area contributed by atoms with Gasteiger partial charge in [0.1, 0.15) is 11.1 Å². The summed E-state index contributed by atoms with van der Waals surface area (Å²) in [4.78, 5) is 14.1. The van der Waals surface area contributed by atoms with Gasteiger partial charge in [-0.25, -0.2) is 4.68 Å². The fourth-order valence-corrected chi connectivity index (χ4v) is 4.71. The van der Waals surface area contributed by atoms with Gasteiger partial charge in [-0.05, 0) is 67.7 Å². The second-order valence-corrected chi connectivity index (χ2v) is 8.21. The monoisotopic (exact) mass is 392 g/mol. The number of fused-ring (bicyclic) bond motifs is 1. The lowest BCUT2D eigenvalue weighted by Crippen LogP contribution is -2.12. The molecule has 0 saturated heterocycles. The first kappa shape index (κ1) is 18.3. The minimum absolute atomic E-state index is 0.109. The van der Waals surface area contributed by atoms with Crippen LogP contribution >= 0.6 is 11.3 Å². The van der Waals surface area contributed by atoms with Gasteiger partial charge in [0.25, 0.3) is 5.91 Å². The fraction of sp³-hybridized carbons (Fsp3) is 0.350. The molecule has 1 aromatic carbocycles. The Labute approximate surface area is 167 Å². The van der Waals surface area contributed by atoms with Gasteiger partial charge in [-0.2, -0.15) is 5.26 Å². The lowest BCUT2D eigenvalue weighted by molar-refractivity contribution is 0.102. The highest BCUT2D eigenvalue weighted by atomic mass is 32.1. The molecule has 3 aromatic rings. The van der Waals surface area contributed by atoms with Crippen LogP contribution in [0.15, 0.2) is 24.3 Å². The number of tetrazole rings is 1. The Morgan fingerprint density at radius 2 is 2.14 bits per heavy atom. The van der Waals surface area contributed by atoms with Crippen molar-refractivity contribution < 1.29 is 4.79 Å². The molecule has 28 heavy (non-hydrogen) atoms. The second kappa shape index (κ2) is 7.52. The van der Waals surface area contributed by atoms with E-state index in [0.717, 1.165) is 36.8 Å². The van der Waals surface area contributed by atoms with Crippen LogP contribution in [0.3, 0.4) is 0 Å². The predicted octanol–water partition coefficient (Wildman–Crippen LogP) is 3.99. The summed E-state index contributed by atoms with van der Waals surface area (Å²) in [7, 11) is 0. The summed E-state index contributed by atoms with van der Waals surface area (Å²) in [5.74, 6) is 0.384. The van der Waals surface area contributed by atoms with Crippen LogP contribution in [0.25, 0.3) is 11.4 Å². The van der Waals surface area contributed by atoms with E-state index in [1.165, 1.54) is 16.2 Å². The number of carbonyl (C=O) groups is 1. The number of nitrogens with one attached hydrogen (secondary N) is 1. The average Bonchev–Trinajstić information content (AvgIpc) is 3.32. The number of hydrogen-bond donors (Lipinski definition) is 1. The molecule has 0 radical (unpaired) electrons. The molecule has 142 valence electrons. The van der Waals surface area contributed by atoms with Gasteiger partial charge in [0, 0.05) is 16.0 Å². The zero-order chi connectivity index (χ0) is 19.7. The Bertz CT molecular complexity index is 1070. The molecule has 2 aromatic heterocycles. The van der Waals surface area contributed by atoms with Crippen molar-refractivity contribution in [3.63, 3.8) is 0 Å². The Morgan fingerprint density at radius 3 is 2.93 bits per heavy atom. The summed E-state index contributed by atoms with van der Waals surface area (Å²) in [6.45, 7) is 4.00. The van der Waals surface area contributed by atoms with Crippen molar-refractivity contribution in [1.82, 2.24) is 20.2 Å². The van der Waals surface area contributed by atoms with Crippen LogP contribution in [-0.4, -0.2) is 26.1 Å². The number of aromatic nitrogens is 4. The number of carbonyl (C=O) groups excluding carboxylic acids is 1. The number of thiophene rings is 1. The van der Waals surface area contributed by atoms with Gasteiger partial charge < -0.3 is 5.32 Å². The van der Waals surface area contributed by atoms with Crippen molar-refractivity contribution in [3.05, 3.63) is 45.8 Å². The third kappa shape index (κ3) is 3.29. The van der Waals surface area contributed by atoms with Crippen molar-refractivity contribution in [2.45, 2.75) is 45.6 Å². The Balaban J connectivity index is 1.63. The zero-order valence-corrected chi connectivity index (χ0v) is 16.6. The van der Waals surface area contributed by atoms with Gasteiger partial charge in [0.15, 0.2) is 5.82 Å². The molecular weight excluding hydrogens is 372 g/mol. The van der Waals surface area contributed by atoms with E-state index >= 15 is 0 Å². The first-order valence-corrected chi connectivity index (χ1v) is 10.1. The predicted molar refractivity (Wildman–Crippen MR) is 107 cm³/mol. The molecule has 8 heteroatoms. The summed E-state index contributed by atoms with van der Waals surface area (Å²) in [5, 5.41) is 25.0. The lowest BCUT2D eigenvalue weighted by atomic mass is 9.96. The van der Waals surface area contributed by atoms with Gasteiger partial charge in [0.05, 0.1) is 11.6 Å². The fourth-order valence-electron chi connectivity index (χ4n) is 3.48. The summed E-state index contributed by atoms with van der Waals surface area (Å²) in [5.41, 5.74) is 3.01. The number of amides is 1. The Hall–Kier alpha value is -3.05. The molecule has 0 saturated carbocycles. The third-order valence-electron chi connectivity index (χ3n) is 4.88. The molecule has 0 fully saturated rings. The molecule has 0 bridgehead atoms. The van der Waals surface area contributed by atoms with E-state index < -0.39 is 0 Å². The molecule has 0 unspecified atom stereocenters. The molecule has 0 spiro atoms. The lowest BCUT2D eigenvalue weighted by Gasteiger charge is -2.09. The Kier molecular flexibility index (Phi) is 4.92. The van der Waals surface area contributed by atoms with Crippen LogP contribution in [0.4, 0.5) is 5.00 Å². The van der Waals surface area contributed by atoms with Crippen LogP contribution < -0.4 is 5.32 Å². The number of anilines is 1. The molecule has 0 atom stereocenters. The van der Waals surface area contributed by atoms with E-state index in [4.69, 9.17) is 0 Å². The van der Waals surface area contributed by atoms with E-state index in [1.807, 2.05) is 26.0 Å². The van der Waals surface area contributed by atoms with Crippen molar-refractivity contribution in [2.24, 2.45) is 0 Å². The van der Waals surface area contributed by atoms with Crippen molar-refractivity contribution in [1.29, 1.82) is 5.26 Å².